The topological polar surface area (TPSA) is 46.2 Å². The lowest BCUT2D eigenvalue weighted by Crippen LogP contribution is -2.15. The highest BCUT2D eigenvalue weighted by molar-refractivity contribution is 7.24. The summed E-state index contributed by atoms with van der Waals surface area (Å²) in [5.41, 5.74) is 1.08. The average Bonchev–Trinajstić information content (AvgIpc) is 3.29. The molecule has 5 nitrogen and oxygen atoms in total. The van der Waals surface area contributed by atoms with Gasteiger partial charge in [-0.25, -0.2) is 0 Å². The largest absolute Gasteiger partial charge is 0.497 e. The zero-order valence-corrected chi connectivity index (χ0v) is 15.7. The van der Waals surface area contributed by atoms with Crippen molar-refractivity contribution in [3.05, 3.63) is 29.6 Å². The molecule has 0 saturated carbocycles. The normalized spacial score (nSPS) is 15.0. The maximum absolute atomic E-state index is 5.99. The molecule has 0 amide bonds. The Morgan fingerprint density at radius 2 is 1.42 bits per heavy atom. The van der Waals surface area contributed by atoms with Gasteiger partial charge in [-0.1, -0.05) is 0 Å². The molecule has 2 aliphatic rings. The molecule has 5 rings (SSSR count). The number of methoxy groups -OCH3 is 1. The van der Waals surface area contributed by atoms with Gasteiger partial charge < -0.3 is 23.7 Å². The van der Waals surface area contributed by atoms with E-state index in [1.807, 2.05) is 29.6 Å². The van der Waals surface area contributed by atoms with Crippen LogP contribution in [0.1, 0.15) is 0 Å². The summed E-state index contributed by atoms with van der Waals surface area (Å²) in [6.07, 6.45) is 0. The van der Waals surface area contributed by atoms with Crippen LogP contribution in [0.4, 0.5) is 0 Å². The molecule has 0 spiro atoms. The van der Waals surface area contributed by atoms with Crippen molar-refractivity contribution in [3.63, 3.8) is 0 Å². The Morgan fingerprint density at radius 1 is 0.769 bits per heavy atom. The molecule has 0 atom stereocenters. The maximum atomic E-state index is 5.99. The molecule has 0 bridgehead atoms. The maximum Gasteiger partial charge on any atom is 0.181 e. The van der Waals surface area contributed by atoms with Crippen molar-refractivity contribution in [2.75, 3.05) is 33.5 Å². The first-order valence-corrected chi connectivity index (χ1v) is 9.99. The molecule has 0 aliphatic carbocycles. The zero-order valence-electron chi connectivity index (χ0n) is 14.1. The number of ether oxygens (including phenoxy) is 5. The number of hydrogen-bond acceptors (Lipinski definition) is 7. The van der Waals surface area contributed by atoms with Crippen molar-refractivity contribution in [3.8, 4) is 48.9 Å². The molecule has 26 heavy (non-hydrogen) atoms. The minimum absolute atomic E-state index is 0.545. The van der Waals surface area contributed by atoms with Gasteiger partial charge in [-0.2, -0.15) is 0 Å². The van der Waals surface area contributed by atoms with Crippen LogP contribution in [-0.4, -0.2) is 33.5 Å². The smallest absolute Gasteiger partial charge is 0.181 e. The predicted molar refractivity (Wildman–Crippen MR) is 102 cm³/mol. The van der Waals surface area contributed by atoms with Crippen LogP contribution in [0.3, 0.4) is 0 Å². The number of thiophene rings is 2. The van der Waals surface area contributed by atoms with E-state index in [9.17, 15) is 0 Å². The molecule has 4 heterocycles. The van der Waals surface area contributed by atoms with E-state index in [0.717, 1.165) is 48.9 Å². The molecule has 2 aromatic heterocycles. The zero-order chi connectivity index (χ0) is 17.5. The fraction of sp³-hybridized carbons (Fsp3) is 0.263. The first kappa shape index (κ1) is 15.8. The van der Waals surface area contributed by atoms with Gasteiger partial charge in [-0.15, -0.1) is 22.7 Å². The highest BCUT2D eigenvalue weighted by Gasteiger charge is 2.30. The highest BCUT2D eigenvalue weighted by Crippen LogP contribution is 2.58. The van der Waals surface area contributed by atoms with Gasteiger partial charge in [0.1, 0.15) is 32.2 Å². The highest BCUT2D eigenvalue weighted by atomic mass is 32.1. The van der Waals surface area contributed by atoms with Crippen LogP contribution in [0.5, 0.6) is 28.7 Å². The second-order valence-corrected chi connectivity index (χ2v) is 7.70. The lowest BCUT2D eigenvalue weighted by Gasteiger charge is -2.18. The molecule has 134 valence electrons. The van der Waals surface area contributed by atoms with Gasteiger partial charge in [0, 0.05) is 5.38 Å². The number of benzene rings is 1. The van der Waals surface area contributed by atoms with E-state index in [1.165, 1.54) is 0 Å². The van der Waals surface area contributed by atoms with Gasteiger partial charge >= 0.3 is 0 Å². The summed E-state index contributed by atoms with van der Waals surface area (Å²) >= 11 is 3.27. The molecule has 0 saturated heterocycles. The summed E-state index contributed by atoms with van der Waals surface area (Å²) in [6.45, 7) is 2.24. The molecule has 0 radical (unpaired) electrons. The van der Waals surface area contributed by atoms with Crippen molar-refractivity contribution in [2.24, 2.45) is 0 Å². The lowest BCUT2D eigenvalue weighted by atomic mass is 10.1. The average molecular weight is 388 g/mol. The number of rotatable bonds is 3. The fourth-order valence-corrected chi connectivity index (χ4v) is 5.32. The molecule has 0 fully saturated rings. The van der Waals surface area contributed by atoms with E-state index in [0.29, 0.717) is 26.4 Å². The quantitative estimate of drug-likeness (QED) is 0.651. The third-order valence-electron chi connectivity index (χ3n) is 4.26. The van der Waals surface area contributed by atoms with Crippen LogP contribution in [0.25, 0.3) is 20.2 Å². The Labute approximate surface area is 158 Å². The van der Waals surface area contributed by atoms with Gasteiger partial charge in [0.25, 0.3) is 0 Å². The van der Waals surface area contributed by atoms with Crippen LogP contribution >= 0.6 is 22.7 Å². The van der Waals surface area contributed by atoms with Crippen molar-refractivity contribution in [2.45, 2.75) is 0 Å². The Balaban J connectivity index is 1.65. The predicted octanol–water partition coefficient (Wildman–Crippen LogP) is 4.69. The minimum Gasteiger partial charge on any atom is -0.497 e. The molecular formula is C19H16O5S2. The van der Waals surface area contributed by atoms with E-state index < -0.39 is 0 Å². The molecule has 1 aromatic carbocycles. The standard InChI is InChI=1S/C19H16O5S2/c1-20-12-4-2-11(3-5-12)17-15-16(24-9-8-23-15)19(26-17)18-14-13(10-25-18)21-6-7-22-14/h2-5,10H,6-9H2,1H3. The second kappa shape index (κ2) is 6.41. The van der Waals surface area contributed by atoms with Crippen molar-refractivity contribution in [1.82, 2.24) is 0 Å². The monoisotopic (exact) mass is 388 g/mol. The van der Waals surface area contributed by atoms with Crippen molar-refractivity contribution in [1.29, 1.82) is 0 Å². The van der Waals surface area contributed by atoms with Gasteiger partial charge in [-0.3, -0.25) is 0 Å². The van der Waals surface area contributed by atoms with Crippen LogP contribution in [-0.2, 0) is 0 Å². The summed E-state index contributed by atoms with van der Waals surface area (Å²) in [7, 11) is 1.67. The van der Waals surface area contributed by atoms with Gasteiger partial charge in [0.2, 0.25) is 0 Å². The summed E-state index contributed by atoms with van der Waals surface area (Å²) < 4.78 is 28.8. The molecule has 7 heteroatoms. The molecular weight excluding hydrogens is 372 g/mol. The van der Waals surface area contributed by atoms with E-state index in [4.69, 9.17) is 23.7 Å². The van der Waals surface area contributed by atoms with Crippen LogP contribution in [0.2, 0.25) is 0 Å². The van der Waals surface area contributed by atoms with Gasteiger partial charge in [0.15, 0.2) is 23.0 Å². The summed E-state index contributed by atoms with van der Waals surface area (Å²) in [5.74, 6) is 4.04. The van der Waals surface area contributed by atoms with Crippen LogP contribution in [0.15, 0.2) is 29.6 Å². The second-order valence-electron chi connectivity index (χ2n) is 5.80. The molecule has 3 aromatic rings. The van der Waals surface area contributed by atoms with E-state index in [-0.39, 0.29) is 0 Å². The van der Waals surface area contributed by atoms with E-state index in [1.54, 1.807) is 29.8 Å². The minimum atomic E-state index is 0.545. The first-order valence-electron chi connectivity index (χ1n) is 8.29. The van der Waals surface area contributed by atoms with Crippen molar-refractivity contribution < 1.29 is 23.7 Å². The third-order valence-corrected chi connectivity index (χ3v) is 6.56. The Kier molecular flexibility index (Phi) is 3.90. The fourth-order valence-electron chi connectivity index (χ4n) is 3.05. The third kappa shape index (κ3) is 2.50. The first-order chi connectivity index (χ1) is 12.8. The van der Waals surface area contributed by atoms with Crippen molar-refractivity contribution >= 4 is 22.7 Å². The SMILES string of the molecule is COc1ccc(-c2sc(-c3scc4c3OCCO4)c3c2OCCO3)cc1. The number of hydrogen-bond donors (Lipinski definition) is 0. The van der Waals surface area contributed by atoms with E-state index >= 15 is 0 Å². The summed E-state index contributed by atoms with van der Waals surface area (Å²) in [6, 6.07) is 7.98. The molecule has 0 unspecified atom stereocenters. The van der Waals surface area contributed by atoms with Gasteiger partial charge in [-0.05, 0) is 29.8 Å². The van der Waals surface area contributed by atoms with E-state index in [2.05, 4.69) is 0 Å². The van der Waals surface area contributed by atoms with Crippen LogP contribution in [0, 0.1) is 0 Å². The Bertz CT molecular complexity index is 942. The van der Waals surface area contributed by atoms with Crippen LogP contribution < -0.4 is 23.7 Å². The Morgan fingerprint density at radius 3 is 2.15 bits per heavy atom. The lowest BCUT2D eigenvalue weighted by molar-refractivity contribution is 0.172. The molecule has 0 N–H and O–H groups in total. The Hall–Kier alpha value is -2.38. The number of fused-ring (bicyclic) bond motifs is 2. The summed E-state index contributed by atoms with van der Waals surface area (Å²) in [4.78, 5) is 3.12. The van der Waals surface area contributed by atoms with Gasteiger partial charge in [0.05, 0.1) is 21.7 Å². The molecule has 2 aliphatic heterocycles. The summed E-state index contributed by atoms with van der Waals surface area (Å²) in [5, 5.41) is 1.99.